The molecule has 5 rings (SSSR count). The first-order chi connectivity index (χ1) is 17.8. The van der Waals surface area contributed by atoms with Gasteiger partial charge < -0.3 is 10.5 Å². The zero-order valence-electron chi connectivity index (χ0n) is 19.7. The molecule has 2 unspecified atom stereocenters. The molecule has 9 nitrogen and oxygen atoms in total. The van der Waals surface area contributed by atoms with Gasteiger partial charge in [0.05, 0.1) is 28.7 Å². The Bertz CT molecular complexity index is 1400. The quantitative estimate of drug-likeness (QED) is 0.196. The molecule has 188 valence electrons. The Morgan fingerprint density at radius 3 is 2.35 bits per heavy atom. The van der Waals surface area contributed by atoms with Crippen molar-refractivity contribution in [1.82, 2.24) is 5.01 Å². The lowest BCUT2D eigenvalue weighted by atomic mass is 9.90. The molecule has 0 bridgehead atoms. The first-order valence-electron chi connectivity index (χ1n) is 11.6. The molecule has 2 amide bonds. The summed E-state index contributed by atoms with van der Waals surface area (Å²) in [5, 5.41) is 24.1. The van der Waals surface area contributed by atoms with Gasteiger partial charge in [0.2, 0.25) is 5.91 Å². The number of fused-ring (bicyclic) bond motifs is 1. The molecule has 0 aliphatic carbocycles. The van der Waals surface area contributed by atoms with Crippen LogP contribution in [0.25, 0.3) is 0 Å². The number of aliphatic hydroxyl groups excluding tert-OH is 1. The van der Waals surface area contributed by atoms with E-state index in [1.807, 2.05) is 19.1 Å². The van der Waals surface area contributed by atoms with Gasteiger partial charge in [-0.1, -0.05) is 58.4 Å². The lowest BCUT2D eigenvalue weighted by Gasteiger charge is -2.40. The third kappa shape index (κ3) is 4.55. The molecule has 4 atom stereocenters. The maximum atomic E-state index is 13.7. The van der Waals surface area contributed by atoms with Crippen LogP contribution in [0.4, 0.5) is 17.1 Å². The number of para-hydroxylation sites is 1. The number of non-ortho nitro benzene ring substituents is 1. The van der Waals surface area contributed by atoms with Crippen LogP contribution in [0.3, 0.4) is 0 Å². The summed E-state index contributed by atoms with van der Waals surface area (Å²) < 4.78 is 0.902. The molecule has 2 heterocycles. The average molecular weight is 563 g/mol. The third-order valence-electron chi connectivity index (χ3n) is 6.65. The number of anilines is 2. The molecule has 2 aliphatic rings. The number of hydrogen-bond acceptors (Lipinski definition) is 7. The number of hydrazine groups is 1. The Morgan fingerprint density at radius 2 is 1.70 bits per heavy atom. The highest BCUT2D eigenvalue weighted by molar-refractivity contribution is 9.10. The highest BCUT2D eigenvalue weighted by atomic mass is 79.9. The summed E-state index contributed by atoms with van der Waals surface area (Å²) in [6, 6.07) is 18.3. The molecule has 3 aromatic carbocycles. The predicted molar refractivity (Wildman–Crippen MR) is 142 cm³/mol. The molecule has 37 heavy (non-hydrogen) atoms. The molecule has 1 fully saturated rings. The molecule has 0 spiro atoms. The number of imide groups is 1. The second-order valence-electron chi connectivity index (χ2n) is 8.97. The zero-order valence-corrected chi connectivity index (χ0v) is 21.3. The second kappa shape index (κ2) is 9.89. The van der Waals surface area contributed by atoms with Crippen LogP contribution in [0, 0.1) is 23.0 Å². The van der Waals surface area contributed by atoms with Crippen molar-refractivity contribution < 1.29 is 19.6 Å². The Kier molecular flexibility index (Phi) is 6.63. The number of carbonyl (C=O) groups is 2. The lowest BCUT2D eigenvalue weighted by Crippen LogP contribution is -2.55. The number of carbonyl (C=O) groups excluding carboxylic acids is 2. The van der Waals surface area contributed by atoms with Gasteiger partial charge in [-0.3, -0.25) is 19.7 Å². The van der Waals surface area contributed by atoms with Gasteiger partial charge in [0.15, 0.2) is 0 Å². The van der Waals surface area contributed by atoms with E-state index in [0.717, 1.165) is 10.0 Å². The monoisotopic (exact) mass is 562 g/mol. The van der Waals surface area contributed by atoms with Gasteiger partial charge in [0.25, 0.3) is 11.6 Å². The van der Waals surface area contributed by atoms with Gasteiger partial charge in [-0.05, 0) is 48.4 Å². The summed E-state index contributed by atoms with van der Waals surface area (Å²) >= 11 is 3.47. The number of nitro groups is 1. The Morgan fingerprint density at radius 1 is 1.00 bits per heavy atom. The summed E-state index contributed by atoms with van der Waals surface area (Å²) in [7, 11) is 0. The highest BCUT2D eigenvalue weighted by Gasteiger charge is 2.54. The van der Waals surface area contributed by atoms with Crippen LogP contribution >= 0.6 is 15.9 Å². The molecule has 0 aromatic heterocycles. The summed E-state index contributed by atoms with van der Waals surface area (Å²) in [6.45, 7) is 1.91. The Labute approximate surface area is 221 Å². The minimum Gasteiger partial charge on any atom is -0.386 e. The maximum Gasteiger partial charge on any atom is 0.269 e. The normalized spacial score (nSPS) is 22.1. The number of nitrogens with one attached hydrogen (secondary N) is 1. The number of halogens is 1. The number of aliphatic hydroxyl groups is 1. The van der Waals surface area contributed by atoms with E-state index in [1.165, 1.54) is 29.2 Å². The summed E-state index contributed by atoms with van der Waals surface area (Å²) in [4.78, 5) is 38.8. The molecule has 0 saturated carbocycles. The van der Waals surface area contributed by atoms with Crippen molar-refractivity contribution in [2.24, 2.45) is 5.92 Å². The molecule has 10 heteroatoms. The number of amides is 2. The minimum absolute atomic E-state index is 0.0775. The average Bonchev–Trinajstić information content (AvgIpc) is 3.16. The highest BCUT2D eigenvalue weighted by Crippen LogP contribution is 2.38. The third-order valence-corrected chi connectivity index (χ3v) is 7.54. The number of nitrogens with zero attached hydrogens (tertiary/aromatic N) is 3. The van der Waals surface area contributed by atoms with Crippen LogP contribution in [0.15, 0.2) is 89.4 Å². The number of benzene rings is 3. The summed E-state index contributed by atoms with van der Waals surface area (Å²) in [6.07, 6.45) is 2.37. The van der Waals surface area contributed by atoms with Crippen molar-refractivity contribution in [2.45, 2.75) is 25.1 Å². The number of nitro benzene ring substituents is 1. The van der Waals surface area contributed by atoms with E-state index in [1.54, 1.807) is 53.6 Å². The summed E-state index contributed by atoms with van der Waals surface area (Å²) in [5.74, 6) is -1.56. The fourth-order valence-electron chi connectivity index (χ4n) is 4.76. The largest absolute Gasteiger partial charge is 0.386 e. The van der Waals surface area contributed by atoms with Gasteiger partial charge in [-0.15, -0.1) is 0 Å². The van der Waals surface area contributed by atoms with Crippen LogP contribution in [0.2, 0.25) is 0 Å². The molecule has 1 saturated heterocycles. The van der Waals surface area contributed by atoms with Gasteiger partial charge in [-0.2, -0.15) is 0 Å². The maximum absolute atomic E-state index is 13.7. The van der Waals surface area contributed by atoms with Gasteiger partial charge in [-0.25, -0.2) is 9.91 Å². The minimum atomic E-state index is -1.04. The SMILES string of the molecule is Cc1cc([C@H](O)C2C=CC3C(=O)N(c4ccccc4)C(=O)[C@H]3N2Nc2ccc([N+](=O)[O-])cc2)ccc1Br. The molecular weight excluding hydrogens is 540 g/mol. The topological polar surface area (TPSA) is 116 Å². The van der Waals surface area contributed by atoms with E-state index in [2.05, 4.69) is 21.4 Å². The molecule has 3 aromatic rings. The standard InChI is InChI=1S/C27H23BrN4O5/c1-16-15-17(7-13-22(16)28)25(33)23-14-12-21-24(27(35)30(26(21)34)19-5-3-2-4-6-19)31(23)29-18-8-10-20(11-9-18)32(36)37/h2-15,21,23-25,29,33H,1H3/t21?,23?,24-,25-/m0/s1. The van der Waals surface area contributed by atoms with Crippen LogP contribution < -0.4 is 10.3 Å². The van der Waals surface area contributed by atoms with E-state index in [0.29, 0.717) is 16.9 Å². The van der Waals surface area contributed by atoms with Crippen molar-refractivity contribution in [3.8, 4) is 0 Å². The lowest BCUT2D eigenvalue weighted by molar-refractivity contribution is -0.384. The fourth-order valence-corrected chi connectivity index (χ4v) is 5.01. The van der Waals surface area contributed by atoms with E-state index >= 15 is 0 Å². The summed E-state index contributed by atoms with van der Waals surface area (Å²) in [5.41, 5.74) is 5.60. The molecule has 0 radical (unpaired) electrons. The smallest absolute Gasteiger partial charge is 0.269 e. The Balaban J connectivity index is 1.54. The number of hydrogen-bond donors (Lipinski definition) is 2. The van der Waals surface area contributed by atoms with Gasteiger partial charge >= 0.3 is 0 Å². The van der Waals surface area contributed by atoms with Crippen molar-refractivity contribution in [3.63, 3.8) is 0 Å². The van der Waals surface area contributed by atoms with Crippen LogP contribution in [-0.2, 0) is 9.59 Å². The van der Waals surface area contributed by atoms with Crippen molar-refractivity contribution in [2.75, 3.05) is 10.3 Å². The van der Waals surface area contributed by atoms with Crippen molar-refractivity contribution in [3.05, 3.63) is 111 Å². The molecule has 2 N–H and O–H groups in total. The van der Waals surface area contributed by atoms with Gasteiger partial charge in [0, 0.05) is 22.3 Å². The van der Waals surface area contributed by atoms with Crippen LogP contribution in [0.5, 0.6) is 0 Å². The van der Waals surface area contributed by atoms with Crippen molar-refractivity contribution in [1.29, 1.82) is 0 Å². The van der Waals surface area contributed by atoms with Crippen LogP contribution in [0.1, 0.15) is 17.2 Å². The zero-order chi connectivity index (χ0) is 26.3. The Hall–Kier alpha value is -3.86. The van der Waals surface area contributed by atoms with E-state index in [9.17, 15) is 24.8 Å². The first-order valence-corrected chi connectivity index (χ1v) is 12.4. The predicted octanol–water partition coefficient (Wildman–Crippen LogP) is 4.52. The van der Waals surface area contributed by atoms with E-state index < -0.39 is 34.9 Å². The second-order valence-corrected chi connectivity index (χ2v) is 9.82. The van der Waals surface area contributed by atoms with Crippen molar-refractivity contribution >= 4 is 44.8 Å². The van der Waals surface area contributed by atoms with Crippen LogP contribution in [-0.4, -0.2) is 38.9 Å². The molecule has 2 aliphatic heterocycles. The van der Waals surface area contributed by atoms with E-state index in [-0.39, 0.29) is 11.6 Å². The first kappa shape index (κ1) is 24.8. The molecular formula is C27H23BrN4O5. The van der Waals surface area contributed by atoms with Gasteiger partial charge in [0.1, 0.15) is 6.04 Å². The fraction of sp³-hybridized carbons (Fsp3) is 0.185. The number of aryl methyl sites for hydroxylation is 1. The number of rotatable bonds is 6. The van der Waals surface area contributed by atoms with E-state index in [4.69, 9.17) is 0 Å².